The van der Waals surface area contributed by atoms with Crippen LogP contribution in [0, 0.1) is 0 Å². The van der Waals surface area contributed by atoms with Gasteiger partial charge < -0.3 is 14.8 Å². The lowest BCUT2D eigenvalue weighted by Gasteiger charge is -2.21. The second kappa shape index (κ2) is 6.90. The molecular weight excluding hydrogens is 274 g/mol. The van der Waals surface area contributed by atoms with Gasteiger partial charge in [-0.3, -0.25) is 0 Å². The topological polar surface area (TPSA) is 30.5 Å². The molecule has 20 heavy (non-hydrogen) atoms. The van der Waals surface area contributed by atoms with E-state index >= 15 is 0 Å². The van der Waals surface area contributed by atoms with Gasteiger partial charge >= 0.3 is 0 Å². The van der Waals surface area contributed by atoms with Gasteiger partial charge in [0.15, 0.2) is 0 Å². The van der Waals surface area contributed by atoms with Crippen LogP contribution in [0.3, 0.4) is 0 Å². The molecule has 3 nitrogen and oxygen atoms in total. The van der Waals surface area contributed by atoms with Crippen LogP contribution in [-0.2, 0) is 9.47 Å². The highest BCUT2D eigenvalue weighted by atomic mass is 35.5. The van der Waals surface area contributed by atoms with E-state index in [2.05, 4.69) is 11.4 Å². The van der Waals surface area contributed by atoms with Crippen LogP contribution in [0.15, 0.2) is 24.3 Å². The average molecular weight is 296 g/mol. The first kappa shape index (κ1) is 14.3. The Hall–Kier alpha value is -0.610. The Kier molecular flexibility index (Phi) is 4.94. The van der Waals surface area contributed by atoms with Crippen LogP contribution >= 0.6 is 11.6 Å². The molecule has 3 rings (SSSR count). The predicted octanol–water partition coefficient (Wildman–Crippen LogP) is 3.33. The molecule has 1 saturated carbocycles. The summed E-state index contributed by atoms with van der Waals surface area (Å²) >= 11 is 6.09. The molecule has 0 amide bonds. The minimum atomic E-state index is 0.0542. The van der Waals surface area contributed by atoms with Gasteiger partial charge in [-0.25, -0.2) is 0 Å². The highest BCUT2D eigenvalue weighted by molar-refractivity contribution is 6.30. The van der Waals surface area contributed by atoms with Gasteiger partial charge in [-0.05, 0) is 43.4 Å². The minimum Gasteiger partial charge on any atom is -0.376 e. The number of halogens is 1. The van der Waals surface area contributed by atoms with Crippen molar-refractivity contribution in [1.29, 1.82) is 0 Å². The maximum atomic E-state index is 6.10. The SMILES string of the molecule is Clc1cccc(C(CNC2CC2)OCC2CCCO2)c1. The Bertz CT molecular complexity index is 430. The largest absolute Gasteiger partial charge is 0.376 e. The molecule has 2 atom stereocenters. The molecule has 0 bridgehead atoms. The number of nitrogens with one attached hydrogen (secondary N) is 1. The highest BCUT2D eigenvalue weighted by Crippen LogP contribution is 2.25. The predicted molar refractivity (Wildman–Crippen MR) is 80.1 cm³/mol. The van der Waals surface area contributed by atoms with E-state index < -0.39 is 0 Å². The lowest BCUT2D eigenvalue weighted by molar-refractivity contribution is -0.0210. The fourth-order valence-corrected chi connectivity index (χ4v) is 2.74. The summed E-state index contributed by atoms with van der Waals surface area (Å²) in [4.78, 5) is 0. The van der Waals surface area contributed by atoms with Crippen LogP contribution in [0.4, 0.5) is 0 Å². The number of hydrogen-bond donors (Lipinski definition) is 1. The number of benzene rings is 1. The van der Waals surface area contributed by atoms with Crippen LogP contribution in [0.1, 0.15) is 37.4 Å². The van der Waals surface area contributed by atoms with Crippen molar-refractivity contribution in [3.63, 3.8) is 0 Å². The van der Waals surface area contributed by atoms with Crippen LogP contribution in [0.25, 0.3) is 0 Å². The zero-order valence-corrected chi connectivity index (χ0v) is 12.4. The van der Waals surface area contributed by atoms with E-state index in [0.717, 1.165) is 36.6 Å². The Morgan fingerprint density at radius 3 is 2.95 bits per heavy atom. The third-order valence-electron chi connectivity index (χ3n) is 3.90. The van der Waals surface area contributed by atoms with Crippen molar-refractivity contribution in [3.8, 4) is 0 Å². The minimum absolute atomic E-state index is 0.0542. The second-order valence-corrected chi connectivity index (χ2v) is 6.13. The molecule has 0 radical (unpaired) electrons. The zero-order valence-electron chi connectivity index (χ0n) is 11.7. The molecule has 1 aromatic carbocycles. The molecule has 2 aliphatic rings. The van der Waals surface area contributed by atoms with Gasteiger partial charge in [0.1, 0.15) is 0 Å². The molecule has 2 unspecified atom stereocenters. The summed E-state index contributed by atoms with van der Waals surface area (Å²) in [6.07, 6.45) is 5.15. The van der Waals surface area contributed by atoms with Crippen molar-refractivity contribution >= 4 is 11.6 Å². The lowest BCUT2D eigenvalue weighted by Crippen LogP contribution is -2.27. The molecule has 1 aliphatic carbocycles. The summed E-state index contributed by atoms with van der Waals surface area (Å²) in [6.45, 7) is 2.39. The Labute approximate surface area is 125 Å². The van der Waals surface area contributed by atoms with E-state index in [1.165, 1.54) is 12.8 Å². The quantitative estimate of drug-likeness (QED) is 0.837. The van der Waals surface area contributed by atoms with Gasteiger partial charge in [-0.1, -0.05) is 23.7 Å². The molecule has 0 spiro atoms. The lowest BCUT2D eigenvalue weighted by atomic mass is 10.1. The van der Waals surface area contributed by atoms with Crippen molar-refractivity contribution in [3.05, 3.63) is 34.9 Å². The van der Waals surface area contributed by atoms with Crippen LogP contribution in [-0.4, -0.2) is 31.9 Å². The number of ether oxygens (including phenoxy) is 2. The first-order chi connectivity index (χ1) is 9.81. The second-order valence-electron chi connectivity index (χ2n) is 5.69. The molecule has 1 saturated heterocycles. The maximum Gasteiger partial charge on any atom is 0.0951 e. The van der Waals surface area contributed by atoms with Gasteiger partial charge in [-0.15, -0.1) is 0 Å². The third-order valence-corrected chi connectivity index (χ3v) is 4.13. The normalized spacial score (nSPS) is 23.9. The van der Waals surface area contributed by atoms with E-state index in [1.54, 1.807) is 0 Å². The zero-order chi connectivity index (χ0) is 13.8. The van der Waals surface area contributed by atoms with E-state index in [-0.39, 0.29) is 12.2 Å². The van der Waals surface area contributed by atoms with Gasteiger partial charge in [0, 0.05) is 24.2 Å². The highest BCUT2D eigenvalue weighted by Gasteiger charge is 2.24. The molecule has 1 N–H and O–H groups in total. The smallest absolute Gasteiger partial charge is 0.0951 e. The molecule has 1 aliphatic heterocycles. The van der Waals surface area contributed by atoms with Gasteiger partial charge in [0.25, 0.3) is 0 Å². The number of hydrogen-bond acceptors (Lipinski definition) is 3. The molecule has 2 fully saturated rings. The molecule has 1 heterocycles. The van der Waals surface area contributed by atoms with Crippen molar-refractivity contribution < 1.29 is 9.47 Å². The van der Waals surface area contributed by atoms with Crippen molar-refractivity contribution in [2.45, 2.75) is 43.9 Å². The first-order valence-corrected chi connectivity index (χ1v) is 7.91. The fraction of sp³-hybridized carbons (Fsp3) is 0.625. The Morgan fingerprint density at radius 2 is 2.25 bits per heavy atom. The summed E-state index contributed by atoms with van der Waals surface area (Å²) in [5.41, 5.74) is 1.14. The summed E-state index contributed by atoms with van der Waals surface area (Å²) in [7, 11) is 0. The fourth-order valence-electron chi connectivity index (χ4n) is 2.54. The third kappa shape index (κ3) is 4.19. The standard InChI is InChI=1S/C16H22ClNO2/c17-13-4-1-3-12(9-13)16(10-18-14-6-7-14)20-11-15-5-2-8-19-15/h1,3-4,9,14-16,18H,2,5-8,10-11H2. The molecular formula is C16H22ClNO2. The Morgan fingerprint density at radius 1 is 1.35 bits per heavy atom. The molecule has 4 heteroatoms. The van der Waals surface area contributed by atoms with Crippen LogP contribution in [0.2, 0.25) is 5.02 Å². The van der Waals surface area contributed by atoms with Gasteiger partial charge in [0.2, 0.25) is 0 Å². The Balaban J connectivity index is 1.59. The average Bonchev–Trinajstić information content (AvgIpc) is 3.13. The first-order valence-electron chi connectivity index (χ1n) is 7.53. The van der Waals surface area contributed by atoms with Crippen LogP contribution < -0.4 is 5.32 Å². The van der Waals surface area contributed by atoms with Crippen molar-refractivity contribution in [2.24, 2.45) is 0 Å². The summed E-state index contributed by atoms with van der Waals surface area (Å²) < 4.78 is 11.7. The summed E-state index contributed by atoms with van der Waals surface area (Å²) in [5, 5.41) is 4.30. The van der Waals surface area contributed by atoms with Gasteiger partial charge in [0.05, 0.1) is 18.8 Å². The molecule has 110 valence electrons. The molecule has 1 aromatic rings. The van der Waals surface area contributed by atoms with E-state index in [9.17, 15) is 0 Å². The summed E-state index contributed by atoms with van der Waals surface area (Å²) in [6, 6.07) is 8.65. The van der Waals surface area contributed by atoms with E-state index in [1.807, 2.05) is 18.2 Å². The molecule has 0 aromatic heterocycles. The maximum absolute atomic E-state index is 6.10. The van der Waals surface area contributed by atoms with E-state index in [4.69, 9.17) is 21.1 Å². The van der Waals surface area contributed by atoms with Gasteiger partial charge in [-0.2, -0.15) is 0 Å². The summed E-state index contributed by atoms with van der Waals surface area (Å²) in [5.74, 6) is 0. The van der Waals surface area contributed by atoms with Crippen molar-refractivity contribution in [1.82, 2.24) is 5.32 Å². The monoisotopic (exact) mass is 295 g/mol. The van der Waals surface area contributed by atoms with Crippen LogP contribution in [0.5, 0.6) is 0 Å². The van der Waals surface area contributed by atoms with E-state index in [0.29, 0.717) is 12.6 Å². The van der Waals surface area contributed by atoms with Crippen molar-refractivity contribution in [2.75, 3.05) is 19.8 Å². The number of rotatable bonds is 7.